The number of rotatable bonds is 8. The molecule has 0 amide bonds. The first-order valence-corrected chi connectivity index (χ1v) is 6.00. The fourth-order valence-electron chi connectivity index (χ4n) is 1.27. The summed E-state index contributed by atoms with van der Waals surface area (Å²) in [6.07, 6.45) is 6.69. The quantitative estimate of drug-likeness (QED) is 0.409. The minimum Gasteiger partial charge on any atom is -0.187 e. The van der Waals surface area contributed by atoms with Crippen molar-refractivity contribution in [1.29, 1.82) is 0 Å². The van der Waals surface area contributed by atoms with Crippen LogP contribution in [-0.4, -0.2) is 10.8 Å². The van der Waals surface area contributed by atoms with Crippen molar-refractivity contribution in [3.8, 4) is 0 Å². The Labute approximate surface area is 95.0 Å². The molecule has 0 radical (unpaired) electrons. The van der Waals surface area contributed by atoms with Crippen molar-refractivity contribution in [1.82, 2.24) is 0 Å². The average molecular weight is 247 g/mol. The maximum atomic E-state index is 12.4. The average Bonchev–Trinajstić information content (AvgIpc) is 2.09. The number of hydrogen-bond donors (Lipinski definition) is 0. The van der Waals surface area contributed by atoms with Gasteiger partial charge < -0.3 is 0 Å². The van der Waals surface area contributed by atoms with Gasteiger partial charge in [-0.05, 0) is 18.0 Å². The predicted octanol–water partition coefficient (Wildman–Crippen LogP) is 5.18. The molecule has 0 aromatic carbocycles. The summed E-state index contributed by atoms with van der Waals surface area (Å²) in [5, 5.41) is -4.49. The lowest BCUT2D eigenvalue weighted by Crippen LogP contribution is -2.21. The standard InChI is InChI=1S/C10H18Cl2F2/c1-2-3-4-5-6-7-8-9(11)10(12,13)14/h9H,2-8H2,1H3. The van der Waals surface area contributed by atoms with Crippen LogP contribution in [0.3, 0.4) is 0 Å². The normalized spacial score (nSPS) is 14.4. The smallest absolute Gasteiger partial charge is 0.187 e. The highest BCUT2D eigenvalue weighted by atomic mass is 35.5. The van der Waals surface area contributed by atoms with Gasteiger partial charge in [0.2, 0.25) is 0 Å². The van der Waals surface area contributed by atoms with Crippen LogP contribution in [0.15, 0.2) is 0 Å². The maximum absolute atomic E-state index is 12.4. The van der Waals surface area contributed by atoms with Gasteiger partial charge >= 0.3 is 5.38 Å². The van der Waals surface area contributed by atoms with Gasteiger partial charge in [-0.3, -0.25) is 0 Å². The predicted molar refractivity (Wildman–Crippen MR) is 58.4 cm³/mol. The lowest BCUT2D eigenvalue weighted by Gasteiger charge is -2.14. The first kappa shape index (κ1) is 14.4. The van der Waals surface area contributed by atoms with Crippen LogP contribution < -0.4 is 0 Å². The Bertz CT molecular complexity index is 135. The third-order valence-electron chi connectivity index (χ3n) is 2.17. The molecule has 1 unspecified atom stereocenters. The largest absolute Gasteiger partial charge is 0.337 e. The number of unbranched alkanes of at least 4 members (excludes halogenated alkanes) is 5. The SMILES string of the molecule is CCCCCCCCC(Cl)C(F)(F)Cl. The minimum atomic E-state index is -3.26. The van der Waals surface area contributed by atoms with Crippen LogP contribution in [-0.2, 0) is 0 Å². The van der Waals surface area contributed by atoms with Crippen molar-refractivity contribution in [2.24, 2.45) is 0 Å². The Kier molecular flexibility index (Phi) is 7.94. The molecule has 0 saturated carbocycles. The summed E-state index contributed by atoms with van der Waals surface area (Å²) >= 11 is 10.2. The zero-order valence-electron chi connectivity index (χ0n) is 8.54. The van der Waals surface area contributed by atoms with E-state index in [0.29, 0.717) is 6.42 Å². The molecule has 0 N–H and O–H groups in total. The summed E-state index contributed by atoms with van der Waals surface area (Å²) in [4.78, 5) is 0. The molecule has 0 nitrogen and oxygen atoms in total. The number of halogens is 4. The summed E-state index contributed by atoms with van der Waals surface area (Å²) in [6, 6.07) is 0. The zero-order valence-corrected chi connectivity index (χ0v) is 10.1. The molecular weight excluding hydrogens is 229 g/mol. The van der Waals surface area contributed by atoms with Gasteiger partial charge in [-0.1, -0.05) is 45.4 Å². The van der Waals surface area contributed by atoms with Gasteiger partial charge in [0.15, 0.2) is 0 Å². The summed E-state index contributed by atoms with van der Waals surface area (Å²) < 4.78 is 24.8. The Morgan fingerprint density at radius 2 is 1.57 bits per heavy atom. The van der Waals surface area contributed by atoms with Crippen LogP contribution in [0.25, 0.3) is 0 Å². The first-order valence-electron chi connectivity index (χ1n) is 5.19. The van der Waals surface area contributed by atoms with Crippen molar-refractivity contribution >= 4 is 23.2 Å². The molecule has 0 aromatic rings. The fourth-order valence-corrected chi connectivity index (χ4v) is 1.53. The lowest BCUT2D eigenvalue weighted by atomic mass is 10.1. The molecule has 1 atom stereocenters. The van der Waals surface area contributed by atoms with E-state index >= 15 is 0 Å². The Hall–Kier alpha value is 0.440. The Morgan fingerprint density at radius 1 is 1.07 bits per heavy atom. The van der Waals surface area contributed by atoms with E-state index in [1.165, 1.54) is 19.3 Å². The Morgan fingerprint density at radius 3 is 2.07 bits per heavy atom. The van der Waals surface area contributed by atoms with Gasteiger partial charge in [-0.15, -0.1) is 11.6 Å². The van der Waals surface area contributed by atoms with Crippen molar-refractivity contribution in [3.63, 3.8) is 0 Å². The van der Waals surface area contributed by atoms with Crippen LogP contribution >= 0.6 is 23.2 Å². The Balaban J connectivity index is 3.28. The highest BCUT2D eigenvalue weighted by molar-refractivity contribution is 6.30. The zero-order chi connectivity index (χ0) is 11.0. The third-order valence-corrected chi connectivity index (χ3v) is 3.03. The molecule has 0 saturated heterocycles. The van der Waals surface area contributed by atoms with Crippen LogP contribution in [0.5, 0.6) is 0 Å². The maximum Gasteiger partial charge on any atom is 0.337 e. The molecule has 0 aliphatic heterocycles. The van der Waals surface area contributed by atoms with Gasteiger partial charge in [-0.25, -0.2) is 0 Å². The van der Waals surface area contributed by atoms with E-state index in [9.17, 15) is 8.78 Å². The molecule has 0 spiro atoms. The summed E-state index contributed by atoms with van der Waals surface area (Å²) in [7, 11) is 0. The van der Waals surface area contributed by atoms with E-state index in [2.05, 4.69) is 6.92 Å². The van der Waals surface area contributed by atoms with Crippen LogP contribution in [0.2, 0.25) is 0 Å². The topological polar surface area (TPSA) is 0 Å². The number of hydrogen-bond acceptors (Lipinski definition) is 0. The molecule has 4 heteroatoms. The van der Waals surface area contributed by atoms with Crippen molar-refractivity contribution in [2.75, 3.05) is 0 Å². The second-order valence-corrected chi connectivity index (χ2v) is 4.60. The van der Waals surface area contributed by atoms with Crippen LogP contribution in [0.4, 0.5) is 8.78 Å². The molecular formula is C10H18Cl2F2. The van der Waals surface area contributed by atoms with Crippen molar-refractivity contribution in [2.45, 2.75) is 62.6 Å². The summed E-state index contributed by atoms with van der Waals surface area (Å²) in [5.41, 5.74) is 0. The molecule has 0 heterocycles. The van der Waals surface area contributed by atoms with Gasteiger partial charge in [0.05, 0.1) is 0 Å². The molecule has 14 heavy (non-hydrogen) atoms. The van der Waals surface area contributed by atoms with Crippen molar-refractivity contribution < 1.29 is 8.78 Å². The van der Waals surface area contributed by atoms with Gasteiger partial charge in [-0.2, -0.15) is 8.78 Å². The molecule has 0 aromatic heterocycles. The molecule has 0 bridgehead atoms. The second-order valence-electron chi connectivity index (χ2n) is 3.57. The highest BCUT2D eigenvalue weighted by Crippen LogP contribution is 2.31. The van der Waals surface area contributed by atoms with E-state index < -0.39 is 10.8 Å². The van der Waals surface area contributed by atoms with Gasteiger partial charge in [0.1, 0.15) is 5.38 Å². The second kappa shape index (κ2) is 7.70. The van der Waals surface area contributed by atoms with Crippen LogP contribution in [0, 0.1) is 0 Å². The van der Waals surface area contributed by atoms with Gasteiger partial charge in [0, 0.05) is 0 Å². The molecule has 86 valence electrons. The van der Waals surface area contributed by atoms with Crippen molar-refractivity contribution in [3.05, 3.63) is 0 Å². The highest BCUT2D eigenvalue weighted by Gasteiger charge is 2.34. The fraction of sp³-hybridized carbons (Fsp3) is 1.00. The van der Waals surface area contributed by atoms with E-state index in [-0.39, 0.29) is 0 Å². The van der Waals surface area contributed by atoms with E-state index in [4.69, 9.17) is 23.2 Å². The molecule has 0 fully saturated rings. The number of alkyl halides is 4. The monoisotopic (exact) mass is 246 g/mol. The first-order chi connectivity index (χ1) is 6.48. The minimum absolute atomic E-state index is 0.296. The van der Waals surface area contributed by atoms with E-state index in [1.807, 2.05) is 0 Å². The third kappa shape index (κ3) is 7.81. The van der Waals surface area contributed by atoms with E-state index in [1.54, 1.807) is 0 Å². The molecule has 0 rings (SSSR count). The van der Waals surface area contributed by atoms with Crippen LogP contribution in [0.1, 0.15) is 51.9 Å². The van der Waals surface area contributed by atoms with Gasteiger partial charge in [0.25, 0.3) is 0 Å². The summed E-state index contributed by atoms with van der Waals surface area (Å²) in [5.74, 6) is 0. The lowest BCUT2D eigenvalue weighted by molar-refractivity contribution is 0.0872. The molecule has 0 aliphatic rings. The molecule has 0 aliphatic carbocycles. The van der Waals surface area contributed by atoms with E-state index in [0.717, 1.165) is 19.3 Å². The summed E-state index contributed by atoms with van der Waals surface area (Å²) in [6.45, 7) is 2.14.